The number of halogens is 4. The predicted octanol–water partition coefficient (Wildman–Crippen LogP) is 6.07. The average Bonchev–Trinajstić information content (AvgIpc) is 3.14. The number of aromatic nitrogens is 2. The van der Waals surface area contributed by atoms with Crippen LogP contribution in [0.5, 0.6) is 0 Å². The maximum absolute atomic E-state index is 13.8. The number of rotatable bonds is 3. The number of nitrogens with one attached hydrogen (secondary N) is 2. The SMILES string of the molecule is Cc1ccc([C@H]2C[C@H](C(F)(F)F)n3ncc(C(=O)Nc4cccc(C)c4Cl)c3N2)cc1. The van der Waals surface area contributed by atoms with E-state index in [1.807, 2.05) is 19.1 Å². The standard InChI is InChI=1S/C22H20ClF3N4O/c1-12-6-8-14(9-7-12)17-10-18(22(24,25)26)30-20(28-17)15(11-27-30)21(31)29-16-5-3-4-13(2)19(16)23/h3-9,11,17-18,28H,10H2,1-2H3,(H,29,31)/t17-,18-/m1/s1. The van der Waals surface area contributed by atoms with E-state index in [2.05, 4.69) is 15.7 Å². The quantitative estimate of drug-likeness (QED) is 0.511. The minimum Gasteiger partial charge on any atom is -0.363 e. The molecule has 0 saturated carbocycles. The van der Waals surface area contributed by atoms with E-state index in [4.69, 9.17) is 11.6 Å². The van der Waals surface area contributed by atoms with E-state index in [0.717, 1.165) is 22.0 Å². The third kappa shape index (κ3) is 4.12. The van der Waals surface area contributed by atoms with Crippen molar-refractivity contribution in [2.24, 2.45) is 0 Å². The van der Waals surface area contributed by atoms with Crippen molar-refractivity contribution in [3.63, 3.8) is 0 Å². The van der Waals surface area contributed by atoms with E-state index in [0.29, 0.717) is 16.3 Å². The molecule has 162 valence electrons. The van der Waals surface area contributed by atoms with Gasteiger partial charge in [-0.2, -0.15) is 18.3 Å². The molecule has 2 aromatic carbocycles. The molecule has 1 aliphatic rings. The van der Waals surface area contributed by atoms with Gasteiger partial charge in [0, 0.05) is 6.42 Å². The van der Waals surface area contributed by atoms with Crippen molar-refractivity contribution in [2.75, 3.05) is 10.6 Å². The maximum atomic E-state index is 13.8. The molecule has 0 saturated heterocycles. The summed E-state index contributed by atoms with van der Waals surface area (Å²) in [6.07, 6.45) is -3.59. The summed E-state index contributed by atoms with van der Waals surface area (Å²) in [4.78, 5) is 12.9. The van der Waals surface area contributed by atoms with Gasteiger partial charge in [-0.3, -0.25) is 4.79 Å². The molecule has 2 heterocycles. The van der Waals surface area contributed by atoms with Crippen LogP contribution in [0.4, 0.5) is 24.7 Å². The number of carbonyl (C=O) groups excluding carboxylic acids is 1. The minimum absolute atomic E-state index is 0.0173. The van der Waals surface area contributed by atoms with E-state index in [-0.39, 0.29) is 17.8 Å². The summed E-state index contributed by atoms with van der Waals surface area (Å²) >= 11 is 6.24. The third-order valence-corrected chi connectivity index (χ3v) is 5.90. The molecule has 0 unspecified atom stereocenters. The molecule has 0 bridgehead atoms. The highest BCUT2D eigenvalue weighted by atomic mass is 35.5. The second-order valence-corrected chi connectivity index (χ2v) is 8.02. The molecular weight excluding hydrogens is 429 g/mol. The van der Waals surface area contributed by atoms with E-state index >= 15 is 0 Å². The van der Waals surface area contributed by atoms with Crippen LogP contribution in [0.15, 0.2) is 48.7 Å². The lowest BCUT2D eigenvalue weighted by Gasteiger charge is -2.34. The maximum Gasteiger partial charge on any atom is 0.410 e. The number of fused-ring (bicyclic) bond motifs is 1. The largest absolute Gasteiger partial charge is 0.410 e. The zero-order chi connectivity index (χ0) is 22.3. The molecule has 0 radical (unpaired) electrons. The van der Waals surface area contributed by atoms with Crippen molar-refractivity contribution in [1.29, 1.82) is 0 Å². The molecule has 4 rings (SSSR count). The molecule has 0 aliphatic carbocycles. The molecule has 31 heavy (non-hydrogen) atoms. The summed E-state index contributed by atoms with van der Waals surface area (Å²) in [6.45, 7) is 3.70. The normalized spacial score (nSPS) is 18.3. The first-order chi connectivity index (χ1) is 14.6. The zero-order valence-corrected chi connectivity index (χ0v) is 17.6. The highest BCUT2D eigenvalue weighted by molar-refractivity contribution is 6.34. The van der Waals surface area contributed by atoms with Crippen molar-refractivity contribution in [3.8, 4) is 0 Å². The van der Waals surface area contributed by atoms with Crippen molar-refractivity contribution in [2.45, 2.75) is 38.5 Å². The van der Waals surface area contributed by atoms with E-state index in [1.54, 1.807) is 37.3 Å². The lowest BCUT2D eigenvalue weighted by atomic mass is 9.96. The molecule has 0 fully saturated rings. The molecule has 0 spiro atoms. The van der Waals surface area contributed by atoms with Crippen LogP contribution in [0.2, 0.25) is 5.02 Å². The van der Waals surface area contributed by atoms with Crippen molar-refractivity contribution in [1.82, 2.24) is 9.78 Å². The molecule has 5 nitrogen and oxygen atoms in total. The number of nitrogens with zero attached hydrogens (tertiary/aromatic N) is 2. The fourth-order valence-corrected chi connectivity index (χ4v) is 3.85. The van der Waals surface area contributed by atoms with E-state index in [9.17, 15) is 18.0 Å². The monoisotopic (exact) mass is 448 g/mol. The summed E-state index contributed by atoms with van der Waals surface area (Å²) in [5, 5.41) is 10.0. The van der Waals surface area contributed by atoms with Gasteiger partial charge < -0.3 is 10.6 Å². The molecule has 9 heteroatoms. The third-order valence-electron chi connectivity index (χ3n) is 5.40. The van der Waals surface area contributed by atoms with E-state index in [1.165, 1.54) is 0 Å². The van der Waals surface area contributed by atoms with Gasteiger partial charge in [0.05, 0.1) is 22.9 Å². The van der Waals surface area contributed by atoms with Gasteiger partial charge in [0.15, 0.2) is 6.04 Å². The van der Waals surface area contributed by atoms with Crippen molar-refractivity contribution >= 4 is 29.0 Å². The number of aryl methyl sites for hydroxylation is 2. The number of carbonyl (C=O) groups is 1. The van der Waals surface area contributed by atoms with Crippen LogP contribution in [0.1, 0.15) is 45.6 Å². The Morgan fingerprint density at radius 1 is 1.19 bits per heavy atom. The molecule has 1 aliphatic heterocycles. The average molecular weight is 449 g/mol. The first-order valence-electron chi connectivity index (χ1n) is 9.69. The molecule has 1 amide bonds. The van der Waals surface area contributed by atoms with Crippen LogP contribution in [0.25, 0.3) is 0 Å². The van der Waals surface area contributed by atoms with Gasteiger partial charge >= 0.3 is 6.18 Å². The number of amides is 1. The summed E-state index contributed by atoms with van der Waals surface area (Å²) in [7, 11) is 0. The van der Waals surface area contributed by atoms with Crippen LogP contribution in [-0.4, -0.2) is 21.9 Å². The van der Waals surface area contributed by atoms with Crippen LogP contribution < -0.4 is 10.6 Å². The Morgan fingerprint density at radius 2 is 1.90 bits per heavy atom. The van der Waals surface area contributed by atoms with Gasteiger partial charge in [0.25, 0.3) is 5.91 Å². The minimum atomic E-state index is -4.51. The Labute approximate surface area is 182 Å². The van der Waals surface area contributed by atoms with Gasteiger partial charge in [-0.25, -0.2) is 4.68 Å². The Bertz CT molecular complexity index is 1120. The molecule has 2 N–H and O–H groups in total. The first-order valence-corrected chi connectivity index (χ1v) is 10.1. The zero-order valence-electron chi connectivity index (χ0n) is 16.8. The number of anilines is 2. The number of hydrogen-bond acceptors (Lipinski definition) is 3. The van der Waals surface area contributed by atoms with Gasteiger partial charge in [-0.1, -0.05) is 53.6 Å². The Balaban J connectivity index is 1.70. The number of hydrogen-bond donors (Lipinski definition) is 2. The summed E-state index contributed by atoms with van der Waals surface area (Å²) in [5.41, 5.74) is 2.88. The lowest BCUT2D eigenvalue weighted by Crippen LogP contribution is -2.36. The molecule has 2 atom stereocenters. The Kier molecular flexibility index (Phi) is 5.43. The second-order valence-electron chi connectivity index (χ2n) is 7.64. The highest BCUT2D eigenvalue weighted by Gasteiger charge is 2.47. The summed E-state index contributed by atoms with van der Waals surface area (Å²) < 4.78 is 42.3. The number of benzene rings is 2. The van der Waals surface area contributed by atoms with Crippen LogP contribution in [0.3, 0.4) is 0 Å². The highest BCUT2D eigenvalue weighted by Crippen LogP contribution is 2.44. The molecule has 1 aromatic heterocycles. The Morgan fingerprint density at radius 3 is 2.58 bits per heavy atom. The predicted molar refractivity (Wildman–Crippen MR) is 114 cm³/mol. The summed E-state index contributed by atoms with van der Waals surface area (Å²) in [6, 6.07) is 9.96. The molecular formula is C22H20ClF3N4O. The fourth-order valence-electron chi connectivity index (χ4n) is 3.68. The van der Waals surface area contributed by atoms with Gasteiger partial charge in [0.1, 0.15) is 11.4 Å². The van der Waals surface area contributed by atoms with Crippen molar-refractivity contribution < 1.29 is 18.0 Å². The van der Waals surface area contributed by atoms with Crippen LogP contribution in [-0.2, 0) is 0 Å². The second kappa shape index (κ2) is 7.92. The van der Waals surface area contributed by atoms with Crippen LogP contribution >= 0.6 is 11.6 Å². The first kappa shape index (κ1) is 21.2. The van der Waals surface area contributed by atoms with Gasteiger partial charge in [0.2, 0.25) is 0 Å². The summed E-state index contributed by atoms with van der Waals surface area (Å²) in [5.74, 6) is -0.563. The molecule has 3 aromatic rings. The van der Waals surface area contributed by atoms with E-state index < -0.39 is 24.2 Å². The van der Waals surface area contributed by atoms with Gasteiger partial charge in [-0.15, -0.1) is 0 Å². The van der Waals surface area contributed by atoms with Crippen molar-refractivity contribution in [3.05, 3.63) is 75.9 Å². The van der Waals surface area contributed by atoms with Crippen LogP contribution in [0, 0.1) is 13.8 Å². The smallest absolute Gasteiger partial charge is 0.363 e. The Hall–Kier alpha value is -3.00. The number of alkyl halides is 3. The van der Waals surface area contributed by atoms with Gasteiger partial charge in [-0.05, 0) is 31.0 Å². The topological polar surface area (TPSA) is 59.0 Å². The lowest BCUT2D eigenvalue weighted by molar-refractivity contribution is -0.173. The fraction of sp³-hybridized carbons (Fsp3) is 0.273.